The molecule has 1 fully saturated rings. The summed E-state index contributed by atoms with van der Waals surface area (Å²) >= 11 is 0. The van der Waals surface area contributed by atoms with Crippen LogP contribution in [-0.2, 0) is 13.8 Å². The van der Waals surface area contributed by atoms with Gasteiger partial charge in [-0.25, -0.2) is 19.5 Å². The van der Waals surface area contributed by atoms with Crippen LogP contribution in [0.25, 0.3) is 21.6 Å². The van der Waals surface area contributed by atoms with E-state index >= 15 is 0 Å². The number of imidazole rings is 1. The maximum atomic E-state index is 10.9. The van der Waals surface area contributed by atoms with Crippen molar-refractivity contribution < 1.29 is 28.7 Å². The first-order valence-electron chi connectivity index (χ1n) is 6.82. The van der Waals surface area contributed by atoms with E-state index in [0.717, 1.165) is 0 Å². The fourth-order valence-corrected chi connectivity index (χ4v) is 2.87. The molecule has 3 rings (SSSR count). The highest BCUT2D eigenvalue weighted by Crippen LogP contribution is 2.39. The first-order valence-corrected chi connectivity index (χ1v) is 8.35. The zero-order valence-electron chi connectivity index (χ0n) is 12.4. The Morgan fingerprint density at radius 3 is 2.92 bits per heavy atom. The van der Waals surface area contributed by atoms with E-state index in [1.807, 2.05) is 0 Å². The first kappa shape index (κ1) is 17.5. The number of fused-ring (bicyclic) bond motifs is 1. The largest absolute Gasteiger partial charge is 0.469 e. The van der Waals surface area contributed by atoms with Gasteiger partial charge in [0.25, 0.3) is 0 Å². The molecule has 14 nitrogen and oxygen atoms in total. The van der Waals surface area contributed by atoms with Crippen molar-refractivity contribution in [1.82, 2.24) is 19.5 Å². The zero-order chi connectivity index (χ0) is 18.2. The van der Waals surface area contributed by atoms with Crippen LogP contribution in [0, 0.1) is 0 Å². The number of aliphatic hydroxyl groups excluding tert-OH is 1. The highest BCUT2D eigenvalue weighted by molar-refractivity contribution is 7.46. The third kappa shape index (κ3) is 3.41. The second-order valence-corrected chi connectivity index (χ2v) is 6.36. The molecule has 1 aliphatic heterocycles. The Morgan fingerprint density at radius 2 is 2.24 bits per heavy atom. The number of anilines is 1. The van der Waals surface area contributed by atoms with Crippen molar-refractivity contribution in [3.63, 3.8) is 0 Å². The Hall–Kier alpha value is -2.31. The van der Waals surface area contributed by atoms with Gasteiger partial charge >= 0.3 is 7.82 Å². The number of aromatic nitrogens is 4. The van der Waals surface area contributed by atoms with Crippen LogP contribution >= 0.6 is 7.82 Å². The van der Waals surface area contributed by atoms with Gasteiger partial charge in [0.2, 0.25) is 0 Å². The highest BCUT2D eigenvalue weighted by atomic mass is 31.2. The number of hydrogen-bond acceptors (Lipinski definition) is 9. The van der Waals surface area contributed by atoms with Gasteiger partial charge in [0.1, 0.15) is 17.9 Å². The Balaban J connectivity index is 1.92. The highest BCUT2D eigenvalue weighted by Gasteiger charge is 2.45. The fourth-order valence-electron chi connectivity index (χ4n) is 2.53. The lowest BCUT2D eigenvalue weighted by molar-refractivity contribution is -0.0483. The number of phosphoric acid groups is 1. The lowest BCUT2D eigenvalue weighted by Crippen LogP contribution is -2.32. The van der Waals surface area contributed by atoms with Crippen molar-refractivity contribution in [3.8, 4) is 0 Å². The van der Waals surface area contributed by atoms with Gasteiger partial charge in [0.15, 0.2) is 17.7 Å². The normalized spacial score (nSPS) is 26.7. The SMILES string of the molecule is [N-]=[N+]=N[C@H]1[C@@H](O)[C@H](n2cnc3c(N)ncnc32)O[C@@H]1COP(=O)(O)O. The predicted molar refractivity (Wildman–Crippen MR) is 80.6 cm³/mol. The van der Waals surface area contributed by atoms with Crippen molar-refractivity contribution in [2.45, 2.75) is 24.5 Å². The number of phosphoric ester groups is 1. The molecule has 1 aliphatic rings. The molecule has 0 aromatic carbocycles. The molecule has 0 aliphatic carbocycles. The Bertz CT molecular complexity index is 877. The summed E-state index contributed by atoms with van der Waals surface area (Å²) in [5.74, 6) is 0.129. The van der Waals surface area contributed by atoms with Crippen LogP contribution in [0.4, 0.5) is 5.82 Å². The summed E-state index contributed by atoms with van der Waals surface area (Å²) in [6.45, 7) is -0.592. The van der Waals surface area contributed by atoms with E-state index in [2.05, 4.69) is 29.5 Å². The van der Waals surface area contributed by atoms with Crippen LogP contribution in [0.15, 0.2) is 17.8 Å². The number of aliphatic hydroxyl groups is 1. The molecule has 2 aromatic rings. The van der Waals surface area contributed by atoms with Crippen LogP contribution < -0.4 is 5.73 Å². The van der Waals surface area contributed by atoms with Crippen molar-refractivity contribution in [1.29, 1.82) is 0 Å². The number of rotatable bonds is 5. The van der Waals surface area contributed by atoms with Gasteiger partial charge in [-0.2, -0.15) is 0 Å². The lowest BCUT2D eigenvalue weighted by Gasteiger charge is -2.16. The number of nitrogen functional groups attached to an aromatic ring is 1. The lowest BCUT2D eigenvalue weighted by atomic mass is 10.1. The molecule has 3 heterocycles. The fraction of sp³-hybridized carbons (Fsp3) is 0.500. The predicted octanol–water partition coefficient (Wildman–Crippen LogP) is -0.545. The molecule has 1 saturated heterocycles. The van der Waals surface area contributed by atoms with E-state index in [0.29, 0.717) is 0 Å². The quantitative estimate of drug-likeness (QED) is 0.227. The minimum absolute atomic E-state index is 0.129. The van der Waals surface area contributed by atoms with Crippen molar-refractivity contribution in [2.75, 3.05) is 12.3 Å². The first-order chi connectivity index (χ1) is 11.8. The van der Waals surface area contributed by atoms with Crippen LogP contribution in [-0.4, -0.2) is 59.3 Å². The van der Waals surface area contributed by atoms with E-state index in [4.69, 9.17) is 25.8 Å². The van der Waals surface area contributed by atoms with Gasteiger partial charge in [0.05, 0.1) is 25.1 Å². The maximum Gasteiger partial charge on any atom is 0.469 e. The Morgan fingerprint density at radius 1 is 1.48 bits per heavy atom. The maximum absolute atomic E-state index is 10.9. The van der Waals surface area contributed by atoms with Crippen molar-refractivity contribution >= 4 is 24.8 Å². The summed E-state index contributed by atoms with van der Waals surface area (Å²) in [5, 5.41) is 13.8. The summed E-state index contributed by atoms with van der Waals surface area (Å²) in [5.41, 5.74) is 14.9. The topological polar surface area (TPSA) is 215 Å². The number of nitrogens with zero attached hydrogens (tertiary/aromatic N) is 7. The minimum Gasteiger partial charge on any atom is -0.388 e. The molecule has 0 bridgehead atoms. The molecule has 15 heteroatoms. The van der Waals surface area contributed by atoms with Gasteiger partial charge in [-0.1, -0.05) is 5.11 Å². The van der Waals surface area contributed by atoms with Gasteiger partial charge in [0, 0.05) is 4.91 Å². The summed E-state index contributed by atoms with van der Waals surface area (Å²) in [7, 11) is -4.76. The second-order valence-electron chi connectivity index (χ2n) is 5.12. The average Bonchev–Trinajstić information content (AvgIpc) is 3.09. The van der Waals surface area contributed by atoms with E-state index in [-0.39, 0.29) is 17.0 Å². The Labute approximate surface area is 139 Å². The molecular weight excluding hydrogens is 359 g/mol. The molecule has 0 saturated carbocycles. The molecule has 2 aromatic heterocycles. The average molecular weight is 372 g/mol. The molecule has 25 heavy (non-hydrogen) atoms. The van der Waals surface area contributed by atoms with Gasteiger partial charge in [-0.05, 0) is 5.53 Å². The molecule has 0 amide bonds. The van der Waals surface area contributed by atoms with Crippen LogP contribution in [0.3, 0.4) is 0 Å². The summed E-state index contributed by atoms with van der Waals surface area (Å²) < 4.78 is 22.2. The summed E-state index contributed by atoms with van der Waals surface area (Å²) in [6, 6.07) is -1.14. The van der Waals surface area contributed by atoms with Crippen LogP contribution in [0.1, 0.15) is 6.23 Å². The van der Waals surface area contributed by atoms with Crippen LogP contribution in [0.2, 0.25) is 0 Å². The van der Waals surface area contributed by atoms with Gasteiger partial charge in [-0.15, -0.1) is 0 Å². The minimum atomic E-state index is -4.76. The number of azide groups is 1. The van der Waals surface area contributed by atoms with E-state index in [1.165, 1.54) is 17.2 Å². The standard InChI is InChI=1S/C10H13N8O6P/c11-8-6-9(14-2-13-8)18(3-15-6)10-7(19)5(16-17-12)4(24-10)1-23-25(20,21)22/h2-5,7,10,19H,1H2,(H2,11,13,14)(H2,20,21,22)/t4-,5-,7-,10-/m1/s1. The molecule has 134 valence electrons. The molecule has 0 unspecified atom stereocenters. The third-order valence-electron chi connectivity index (χ3n) is 3.59. The number of ether oxygens (including phenoxy) is 1. The molecular formula is C10H13N8O6P. The molecule has 0 spiro atoms. The van der Waals surface area contributed by atoms with Crippen molar-refractivity contribution in [2.24, 2.45) is 5.11 Å². The van der Waals surface area contributed by atoms with E-state index < -0.39 is 38.9 Å². The number of hydrogen-bond donors (Lipinski definition) is 4. The van der Waals surface area contributed by atoms with Gasteiger partial charge < -0.3 is 25.4 Å². The molecule has 4 atom stereocenters. The van der Waals surface area contributed by atoms with E-state index in [1.54, 1.807) is 0 Å². The zero-order valence-corrected chi connectivity index (χ0v) is 13.3. The Kier molecular flexibility index (Phi) is 4.58. The monoisotopic (exact) mass is 372 g/mol. The third-order valence-corrected chi connectivity index (χ3v) is 4.08. The van der Waals surface area contributed by atoms with Crippen molar-refractivity contribution in [3.05, 3.63) is 23.1 Å². The summed E-state index contributed by atoms with van der Waals surface area (Å²) in [4.78, 5) is 32.1. The van der Waals surface area contributed by atoms with E-state index in [9.17, 15) is 9.67 Å². The van der Waals surface area contributed by atoms with Gasteiger partial charge in [-0.3, -0.25) is 9.09 Å². The molecule has 0 radical (unpaired) electrons. The molecule has 5 N–H and O–H groups in total. The summed E-state index contributed by atoms with van der Waals surface area (Å²) in [6.07, 6.45) is -1.01. The number of nitrogens with two attached hydrogens (primary N) is 1. The smallest absolute Gasteiger partial charge is 0.388 e. The second kappa shape index (κ2) is 6.54. The van der Waals surface area contributed by atoms with Crippen LogP contribution in [0.5, 0.6) is 0 Å².